The van der Waals surface area contributed by atoms with Crippen molar-refractivity contribution < 1.29 is 50.5 Å². The summed E-state index contributed by atoms with van der Waals surface area (Å²) >= 11 is 0. The summed E-state index contributed by atoms with van der Waals surface area (Å²) in [5.41, 5.74) is 0.558. The highest BCUT2D eigenvalue weighted by atomic mass is 31.2. The third kappa shape index (κ3) is 6.68. The minimum Gasteiger partial charge on any atom is -0.462 e. The van der Waals surface area contributed by atoms with Crippen molar-refractivity contribution in [1.82, 2.24) is 14.6 Å². The third-order valence-corrected chi connectivity index (χ3v) is 8.07. The Hall–Kier alpha value is -3.56. The summed E-state index contributed by atoms with van der Waals surface area (Å²) < 4.78 is 94.0. The van der Waals surface area contributed by atoms with Gasteiger partial charge in [0.25, 0.3) is 6.43 Å². The minimum absolute atomic E-state index is 0.0403. The van der Waals surface area contributed by atoms with Crippen molar-refractivity contribution in [3.05, 3.63) is 65.0 Å². The lowest BCUT2D eigenvalue weighted by atomic mass is 9.98. The van der Waals surface area contributed by atoms with Crippen LogP contribution in [-0.4, -0.2) is 63.7 Å². The molecule has 12 nitrogen and oxygen atoms in total. The van der Waals surface area contributed by atoms with Crippen molar-refractivity contribution in [3.8, 4) is 5.75 Å². The summed E-state index contributed by atoms with van der Waals surface area (Å²) in [6, 6.07) is 10.0. The maximum absolute atomic E-state index is 15.5. The molecule has 1 saturated heterocycles. The zero-order valence-corrected chi connectivity index (χ0v) is 23.9. The van der Waals surface area contributed by atoms with Crippen LogP contribution in [0.2, 0.25) is 0 Å². The topological polar surface area (TPSA) is 164 Å². The van der Waals surface area contributed by atoms with Gasteiger partial charge in [-0.2, -0.15) is 10.1 Å². The first-order valence-corrected chi connectivity index (χ1v) is 14.4. The summed E-state index contributed by atoms with van der Waals surface area (Å²) in [6.07, 6.45) is -11.5. The van der Waals surface area contributed by atoms with Gasteiger partial charge in [0.15, 0.2) is 29.6 Å². The van der Waals surface area contributed by atoms with Gasteiger partial charge in [-0.05, 0) is 32.2 Å². The molecule has 0 amide bonds. The van der Waals surface area contributed by atoms with Crippen molar-refractivity contribution in [2.45, 2.75) is 63.4 Å². The van der Waals surface area contributed by atoms with Gasteiger partial charge < -0.3 is 24.8 Å². The number of nitrogens with two attached hydrogens (primary N) is 1. The number of alkyl halides is 3. The molecular formula is C26H29F4N4O8P. The molecule has 1 aliphatic rings. The van der Waals surface area contributed by atoms with Crippen molar-refractivity contribution in [3.63, 3.8) is 0 Å². The molecule has 1 fully saturated rings. The number of nitrogen functional groups attached to an aromatic ring is 1. The van der Waals surface area contributed by atoms with Crippen molar-refractivity contribution in [1.29, 1.82) is 0 Å². The first-order valence-electron chi connectivity index (χ1n) is 12.9. The second-order valence-corrected chi connectivity index (χ2v) is 11.7. The molecule has 43 heavy (non-hydrogen) atoms. The smallest absolute Gasteiger partial charge is 0.459 e. The summed E-state index contributed by atoms with van der Waals surface area (Å²) in [7, 11) is -4.87. The van der Waals surface area contributed by atoms with Crippen LogP contribution in [0.3, 0.4) is 0 Å². The number of aliphatic hydroxyl groups excluding tert-OH is 1. The van der Waals surface area contributed by atoms with E-state index in [0.29, 0.717) is 17.0 Å². The van der Waals surface area contributed by atoms with E-state index in [1.807, 2.05) is 0 Å². The normalized spacial score (nSPS) is 24.3. The zero-order chi connectivity index (χ0) is 31.7. The number of hydrogen-bond acceptors (Lipinski definition) is 10. The Morgan fingerprint density at radius 2 is 1.91 bits per heavy atom. The third-order valence-electron chi connectivity index (χ3n) is 6.46. The van der Waals surface area contributed by atoms with Gasteiger partial charge in [0.05, 0.1) is 18.9 Å². The molecule has 2 heterocycles. The number of nitrogens with zero attached hydrogens (tertiary/aromatic N) is 2. The summed E-state index contributed by atoms with van der Waals surface area (Å²) in [6.45, 7) is 2.84. The fraction of sp³-hybridized carbons (Fsp3) is 0.423. The number of carbonyl (C=O) groups is 1. The van der Waals surface area contributed by atoms with E-state index in [4.69, 9.17) is 24.3 Å². The molecule has 3 aromatic rings. The number of aliphatic hydroxyl groups is 1. The second kappa shape index (κ2) is 12.6. The Labute approximate surface area is 242 Å². The van der Waals surface area contributed by atoms with E-state index >= 15 is 4.39 Å². The maximum atomic E-state index is 15.5. The maximum Gasteiger partial charge on any atom is 0.459 e. The van der Waals surface area contributed by atoms with Crippen LogP contribution in [0.1, 0.15) is 27.0 Å². The fourth-order valence-corrected chi connectivity index (χ4v) is 5.86. The number of carbonyl (C=O) groups excluding carboxylic acids is 1. The number of aromatic nitrogens is 2. The zero-order valence-electron chi connectivity index (χ0n) is 23.0. The van der Waals surface area contributed by atoms with Crippen LogP contribution in [0.5, 0.6) is 5.75 Å². The predicted molar refractivity (Wildman–Crippen MR) is 145 cm³/mol. The monoisotopic (exact) mass is 632 g/mol. The molecule has 234 valence electrons. The van der Waals surface area contributed by atoms with Gasteiger partial charge in [0.2, 0.25) is 0 Å². The van der Waals surface area contributed by atoms with Crippen molar-refractivity contribution in [2.24, 2.45) is 0 Å². The number of fused-ring (bicyclic) bond motifs is 1. The van der Waals surface area contributed by atoms with Crippen LogP contribution in [0.25, 0.3) is 10.8 Å². The van der Waals surface area contributed by atoms with Gasteiger partial charge in [-0.25, -0.2) is 26.9 Å². The van der Waals surface area contributed by atoms with Gasteiger partial charge in [-0.1, -0.05) is 36.4 Å². The molecule has 17 heteroatoms. The molecule has 0 radical (unpaired) electrons. The summed E-state index contributed by atoms with van der Waals surface area (Å²) in [4.78, 5) is 27.9. The molecule has 4 N–H and O–H groups in total. The van der Waals surface area contributed by atoms with E-state index in [1.54, 1.807) is 50.2 Å². The Bertz CT molecular complexity index is 1590. The van der Waals surface area contributed by atoms with Crippen LogP contribution < -0.4 is 21.0 Å². The highest BCUT2D eigenvalue weighted by molar-refractivity contribution is 7.52. The molecule has 1 aromatic heterocycles. The van der Waals surface area contributed by atoms with Crippen LogP contribution >= 0.6 is 7.75 Å². The van der Waals surface area contributed by atoms with E-state index in [-0.39, 0.29) is 10.3 Å². The molecule has 4 rings (SSSR count). The first-order chi connectivity index (χ1) is 20.2. The van der Waals surface area contributed by atoms with Gasteiger partial charge >= 0.3 is 19.4 Å². The van der Waals surface area contributed by atoms with Gasteiger partial charge in [-0.3, -0.25) is 13.9 Å². The predicted octanol–water partition coefficient (Wildman–Crippen LogP) is 3.48. The van der Waals surface area contributed by atoms with Crippen LogP contribution in [0, 0.1) is 5.82 Å². The Morgan fingerprint density at radius 3 is 2.58 bits per heavy atom. The molecule has 0 saturated carbocycles. The van der Waals surface area contributed by atoms with E-state index in [1.165, 1.54) is 13.0 Å². The lowest BCUT2D eigenvalue weighted by molar-refractivity contribution is -0.183. The number of halogens is 4. The molecular weight excluding hydrogens is 603 g/mol. The van der Waals surface area contributed by atoms with Crippen molar-refractivity contribution >= 4 is 30.3 Å². The molecule has 1 aliphatic heterocycles. The molecule has 0 aliphatic carbocycles. The number of benzene rings is 2. The number of esters is 1. The Morgan fingerprint density at radius 1 is 1.23 bits per heavy atom. The average molecular weight is 633 g/mol. The number of nitrogens with one attached hydrogen (secondary N) is 1. The van der Waals surface area contributed by atoms with E-state index in [0.717, 1.165) is 0 Å². The first kappa shape index (κ1) is 32.4. The van der Waals surface area contributed by atoms with Gasteiger partial charge in [0.1, 0.15) is 17.9 Å². The summed E-state index contributed by atoms with van der Waals surface area (Å²) in [5, 5.41) is 13.8. The molecule has 0 spiro atoms. The summed E-state index contributed by atoms with van der Waals surface area (Å²) in [5.74, 6) is -3.02. The molecule has 0 bridgehead atoms. The quantitative estimate of drug-likeness (QED) is 0.161. The standard InChI is InChI=1S/C26H29F4N4O8P/c1-13(2)40-23(36)14(3)33-43(38,42-18-10-6-8-15-7-4-5-9-16(15)18)39-12-26(24(29)30)20(28)19(35)22(41-26)34-11-17(27)21(31)32-25(34)37/h4-11,13-14,19-20,22,24,35H,12H2,1-3H3,(H,33,38)(H2,31,32,37)/t14-,19+,20+,22+,26+,43?/m0/s1. The number of ether oxygens (including phenoxy) is 2. The number of rotatable bonds is 11. The molecule has 2 aromatic carbocycles. The highest BCUT2D eigenvalue weighted by Gasteiger charge is 2.63. The lowest BCUT2D eigenvalue weighted by Gasteiger charge is -2.32. The van der Waals surface area contributed by atoms with Crippen LogP contribution in [0.4, 0.5) is 23.4 Å². The highest BCUT2D eigenvalue weighted by Crippen LogP contribution is 2.50. The van der Waals surface area contributed by atoms with Crippen LogP contribution in [0.15, 0.2) is 53.5 Å². The Balaban J connectivity index is 1.69. The molecule has 6 atom stereocenters. The van der Waals surface area contributed by atoms with E-state index in [9.17, 15) is 32.4 Å². The number of hydrogen-bond donors (Lipinski definition) is 3. The Kier molecular flexibility index (Phi) is 9.47. The average Bonchev–Trinajstić information content (AvgIpc) is 3.20. The largest absolute Gasteiger partial charge is 0.462 e. The SMILES string of the molecule is CC(C)OC(=O)[C@H](C)NP(=O)(OC[C@@]1(C(F)F)O[C@@H](n2cc(F)c(N)nc2=O)[C@H](O)[C@H]1F)Oc1cccc2ccccc12. The molecule has 1 unspecified atom stereocenters. The van der Waals surface area contributed by atoms with Gasteiger partial charge in [-0.15, -0.1) is 0 Å². The van der Waals surface area contributed by atoms with E-state index in [2.05, 4.69) is 10.1 Å². The van der Waals surface area contributed by atoms with Crippen LogP contribution in [-0.2, 0) is 23.4 Å². The lowest BCUT2D eigenvalue weighted by Crippen LogP contribution is -2.51. The van der Waals surface area contributed by atoms with E-state index < -0.39 is 80.3 Å². The fourth-order valence-electron chi connectivity index (χ4n) is 4.31. The van der Waals surface area contributed by atoms with Crippen molar-refractivity contribution in [2.75, 3.05) is 12.3 Å². The van der Waals surface area contributed by atoms with Gasteiger partial charge in [0, 0.05) is 5.39 Å². The number of anilines is 1. The second-order valence-electron chi connectivity index (χ2n) is 10.00. The minimum atomic E-state index is -4.87.